The van der Waals surface area contributed by atoms with Crippen LogP contribution in [0.3, 0.4) is 0 Å². The van der Waals surface area contributed by atoms with Gasteiger partial charge in [0.2, 0.25) is 0 Å². The summed E-state index contributed by atoms with van der Waals surface area (Å²) in [6.45, 7) is 1.72. The highest BCUT2D eigenvalue weighted by Crippen LogP contribution is 1.93. The molecule has 3 heteroatoms. The van der Waals surface area contributed by atoms with E-state index in [1.165, 1.54) is 5.22 Å². The van der Waals surface area contributed by atoms with E-state index < -0.39 is 0 Å². The molecular formula is C10H12N2S. The molecule has 0 saturated carbocycles. The van der Waals surface area contributed by atoms with Gasteiger partial charge in [0.05, 0.1) is 5.36 Å². The van der Waals surface area contributed by atoms with Crippen molar-refractivity contribution in [2.45, 2.75) is 0 Å². The molecule has 0 bridgehead atoms. The topological polar surface area (TPSA) is 15.6 Å². The molecule has 0 saturated heterocycles. The van der Waals surface area contributed by atoms with Crippen molar-refractivity contribution >= 4 is 18.8 Å². The van der Waals surface area contributed by atoms with Crippen LogP contribution < -0.4 is 10.6 Å². The van der Waals surface area contributed by atoms with Crippen molar-refractivity contribution in [3.63, 3.8) is 0 Å². The Balaban J connectivity index is 2.38. The summed E-state index contributed by atoms with van der Waals surface area (Å²) < 4.78 is 0. The van der Waals surface area contributed by atoms with Crippen LogP contribution in [0.5, 0.6) is 0 Å². The summed E-state index contributed by atoms with van der Waals surface area (Å²) in [5.74, 6) is 0.869. The molecule has 1 aromatic carbocycles. The summed E-state index contributed by atoms with van der Waals surface area (Å²) in [4.78, 5) is 6.63. The van der Waals surface area contributed by atoms with Crippen molar-refractivity contribution in [1.82, 2.24) is 4.90 Å². The molecule has 0 radical (unpaired) electrons. The quantitative estimate of drug-likeness (QED) is 0.664. The molecule has 0 aromatic heterocycles. The van der Waals surface area contributed by atoms with E-state index in [0.717, 1.165) is 24.3 Å². The van der Waals surface area contributed by atoms with Crippen LogP contribution in [0.25, 0.3) is 6.20 Å². The maximum atomic E-state index is 4.45. The third kappa shape index (κ3) is 1.86. The number of hydrogen-bond acceptors (Lipinski definition) is 3. The highest BCUT2D eigenvalue weighted by Gasteiger charge is 2.00. The molecular weight excluding hydrogens is 180 g/mol. The van der Waals surface area contributed by atoms with Crippen LogP contribution in [0.4, 0.5) is 0 Å². The number of nitrogens with zero attached hydrogens (tertiary/aromatic N) is 2. The van der Waals surface area contributed by atoms with Crippen LogP contribution in [-0.2, 0) is 0 Å². The molecule has 1 aliphatic heterocycles. The smallest absolute Gasteiger partial charge is 0.110 e. The molecule has 0 atom stereocenters. The summed E-state index contributed by atoms with van der Waals surface area (Å²) in [5.41, 5.74) is 0. The minimum Gasteiger partial charge on any atom is -0.357 e. The number of benzene rings is 1. The van der Waals surface area contributed by atoms with Gasteiger partial charge in [-0.25, -0.2) is 0 Å². The molecule has 1 heterocycles. The van der Waals surface area contributed by atoms with E-state index in [4.69, 9.17) is 0 Å². The second-order valence-electron chi connectivity index (χ2n) is 3.02. The van der Waals surface area contributed by atoms with Gasteiger partial charge in [0, 0.05) is 23.7 Å². The van der Waals surface area contributed by atoms with Crippen molar-refractivity contribution in [3.05, 3.63) is 34.8 Å². The maximum absolute atomic E-state index is 4.45. The van der Waals surface area contributed by atoms with Crippen molar-refractivity contribution in [1.29, 1.82) is 0 Å². The molecule has 0 aliphatic carbocycles. The summed E-state index contributed by atoms with van der Waals surface area (Å²) in [6.07, 6.45) is 2.15. The number of para-hydroxylation sites is 1. The first-order valence-electron chi connectivity index (χ1n) is 4.36. The lowest BCUT2D eigenvalue weighted by Crippen LogP contribution is -2.36. The molecule has 0 N–H and O–H groups in total. The molecule has 2 nitrogen and oxygen atoms in total. The van der Waals surface area contributed by atoms with Gasteiger partial charge in [-0.2, -0.15) is 12.6 Å². The molecule has 1 aliphatic rings. The standard InChI is InChI=1S/C10H12N2S/c13-6-5-12-7-9-3-1-2-4-10(9)11-8-12/h1-4,7,13H,5-6,8H2. The summed E-state index contributed by atoms with van der Waals surface area (Å²) in [5, 5.41) is 2.30. The predicted octanol–water partition coefficient (Wildman–Crippen LogP) is 0.247. The minimum atomic E-state index is 0.761. The lowest BCUT2D eigenvalue weighted by molar-refractivity contribution is 0.439. The van der Waals surface area contributed by atoms with Gasteiger partial charge >= 0.3 is 0 Å². The van der Waals surface area contributed by atoms with E-state index >= 15 is 0 Å². The Morgan fingerprint density at radius 1 is 1.38 bits per heavy atom. The minimum absolute atomic E-state index is 0.761. The lowest BCUT2D eigenvalue weighted by Gasteiger charge is -2.19. The van der Waals surface area contributed by atoms with Gasteiger partial charge in [0.1, 0.15) is 6.67 Å². The van der Waals surface area contributed by atoms with E-state index in [9.17, 15) is 0 Å². The molecule has 0 spiro atoms. The fourth-order valence-corrected chi connectivity index (χ4v) is 1.67. The molecule has 68 valence electrons. The summed E-state index contributed by atoms with van der Waals surface area (Å²) in [7, 11) is 0. The zero-order valence-electron chi connectivity index (χ0n) is 7.35. The highest BCUT2D eigenvalue weighted by molar-refractivity contribution is 7.80. The molecule has 1 aromatic rings. The third-order valence-electron chi connectivity index (χ3n) is 2.07. The fraction of sp³-hybridized carbons (Fsp3) is 0.300. The van der Waals surface area contributed by atoms with Crippen LogP contribution in [0.2, 0.25) is 0 Å². The average molecular weight is 192 g/mol. The fourth-order valence-electron chi connectivity index (χ4n) is 1.41. The molecule has 2 rings (SSSR count). The van der Waals surface area contributed by atoms with Crippen molar-refractivity contribution < 1.29 is 0 Å². The Bertz CT molecular complexity index is 400. The largest absolute Gasteiger partial charge is 0.357 e. The van der Waals surface area contributed by atoms with Crippen LogP contribution in [-0.4, -0.2) is 23.9 Å². The molecule has 13 heavy (non-hydrogen) atoms. The van der Waals surface area contributed by atoms with Gasteiger partial charge < -0.3 is 4.90 Å². The van der Waals surface area contributed by atoms with E-state index in [2.05, 4.69) is 34.8 Å². The van der Waals surface area contributed by atoms with Crippen molar-refractivity contribution in [2.75, 3.05) is 19.0 Å². The van der Waals surface area contributed by atoms with E-state index in [1.54, 1.807) is 0 Å². The van der Waals surface area contributed by atoms with E-state index in [0.29, 0.717) is 0 Å². The van der Waals surface area contributed by atoms with Gasteiger partial charge in [-0.1, -0.05) is 18.2 Å². The number of hydrogen-bond donors (Lipinski definition) is 1. The molecule has 0 amide bonds. The van der Waals surface area contributed by atoms with Gasteiger partial charge in [-0.15, -0.1) is 0 Å². The Labute approximate surface area is 83.0 Å². The van der Waals surface area contributed by atoms with E-state index in [1.807, 2.05) is 18.2 Å². The summed E-state index contributed by atoms with van der Waals surface area (Å²) >= 11 is 4.20. The maximum Gasteiger partial charge on any atom is 0.110 e. The van der Waals surface area contributed by atoms with Gasteiger partial charge in [0.15, 0.2) is 0 Å². The van der Waals surface area contributed by atoms with Crippen LogP contribution in [0, 0.1) is 0 Å². The highest BCUT2D eigenvalue weighted by atomic mass is 32.1. The monoisotopic (exact) mass is 192 g/mol. The van der Waals surface area contributed by atoms with Crippen LogP contribution >= 0.6 is 12.6 Å². The second-order valence-corrected chi connectivity index (χ2v) is 3.47. The van der Waals surface area contributed by atoms with E-state index in [-0.39, 0.29) is 0 Å². The Morgan fingerprint density at radius 2 is 2.23 bits per heavy atom. The normalized spacial score (nSPS) is 14.4. The average Bonchev–Trinajstić information content (AvgIpc) is 2.18. The van der Waals surface area contributed by atoms with Gasteiger partial charge in [0.25, 0.3) is 0 Å². The van der Waals surface area contributed by atoms with Crippen LogP contribution in [0.15, 0.2) is 29.3 Å². The Hall–Kier alpha value is -0.960. The number of fused-ring (bicyclic) bond motifs is 1. The third-order valence-corrected chi connectivity index (χ3v) is 2.27. The predicted molar refractivity (Wildman–Crippen MR) is 57.1 cm³/mol. The zero-order valence-corrected chi connectivity index (χ0v) is 8.24. The second kappa shape index (κ2) is 3.83. The Kier molecular flexibility index (Phi) is 2.54. The van der Waals surface area contributed by atoms with Crippen LogP contribution in [0.1, 0.15) is 0 Å². The summed E-state index contributed by atoms with van der Waals surface area (Å²) in [6, 6.07) is 8.19. The Morgan fingerprint density at radius 3 is 3.08 bits per heavy atom. The van der Waals surface area contributed by atoms with Gasteiger partial charge in [-0.05, 0) is 6.07 Å². The molecule has 0 unspecified atom stereocenters. The van der Waals surface area contributed by atoms with Crippen molar-refractivity contribution in [2.24, 2.45) is 4.99 Å². The first kappa shape index (κ1) is 8.63. The molecule has 0 fully saturated rings. The zero-order chi connectivity index (χ0) is 9.10. The number of thiol groups is 1. The first-order chi connectivity index (χ1) is 6.40. The van der Waals surface area contributed by atoms with Crippen molar-refractivity contribution in [3.8, 4) is 0 Å². The lowest BCUT2D eigenvalue weighted by atomic mass is 10.3. The first-order valence-corrected chi connectivity index (χ1v) is 5.00. The van der Waals surface area contributed by atoms with Gasteiger partial charge in [-0.3, -0.25) is 4.99 Å². The number of rotatable bonds is 2. The SMILES string of the molecule is SCCN1C=c2ccccc2=NC1.